The summed E-state index contributed by atoms with van der Waals surface area (Å²) >= 11 is 0. The fraction of sp³-hybridized carbons (Fsp3) is 1.00. The van der Waals surface area contributed by atoms with Crippen molar-refractivity contribution in [2.45, 2.75) is 62.5 Å². The zero-order valence-corrected chi connectivity index (χ0v) is 10.8. The van der Waals surface area contributed by atoms with Crippen molar-refractivity contribution >= 4 is 0 Å². The molecule has 0 radical (unpaired) electrons. The van der Waals surface area contributed by atoms with Crippen LogP contribution in [0.25, 0.3) is 0 Å². The van der Waals surface area contributed by atoms with Crippen molar-refractivity contribution in [3.8, 4) is 0 Å². The van der Waals surface area contributed by atoms with E-state index in [0.29, 0.717) is 6.61 Å². The Morgan fingerprint density at radius 2 is 2.00 bits per heavy atom. The first-order valence-electron chi connectivity index (χ1n) is 6.91. The number of hydrogen-bond acceptors (Lipinski definition) is 3. The number of ether oxygens (including phenoxy) is 1. The van der Waals surface area contributed by atoms with Crippen molar-refractivity contribution in [1.29, 1.82) is 0 Å². The van der Waals surface area contributed by atoms with Crippen molar-refractivity contribution in [3.05, 3.63) is 0 Å². The van der Waals surface area contributed by atoms with Gasteiger partial charge >= 0.3 is 0 Å². The molecule has 3 nitrogen and oxygen atoms in total. The van der Waals surface area contributed by atoms with Crippen molar-refractivity contribution in [2.24, 2.45) is 0 Å². The highest BCUT2D eigenvalue weighted by atomic mass is 19.3. The van der Waals surface area contributed by atoms with Crippen LogP contribution in [0.2, 0.25) is 0 Å². The van der Waals surface area contributed by atoms with Crippen molar-refractivity contribution in [2.75, 3.05) is 19.8 Å². The van der Waals surface area contributed by atoms with E-state index in [1.165, 1.54) is 19.3 Å². The van der Waals surface area contributed by atoms with Crippen molar-refractivity contribution < 1.29 is 18.6 Å². The Labute approximate surface area is 107 Å². The van der Waals surface area contributed by atoms with Crippen molar-refractivity contribution in [1.82, 2.24) is 5.32 Å². The number of rotatable bonds is 4. The van der Waals surface area contributed by atoms with Crippen LogP contribution in [0.1, 0.15) is 44.9 Å². The van der Waals surface area contributed by atoms with Gasteiger partial charge in [0.15, 0.2) is 0 Å². The van der Waals surface area contributed by atoms with Gasteiger partial charge in [0.25, 0.3) is 5.92 Å². The molecule has 2 fully saturated rings. The molecule has 2 rings (SSSR count). The van der Waals surface area contributed by atoms with E-state index < -0.39 is 19.1 Å². The van der Waals surface area contributed by atoms with Gasteiger partial charge in [-0.15, -0.1) is 0 Å². The molecule has 1 unspecified atom stereocenters. The summed E-state index contributed by atoms with van der Waals surface area (Å²) in [5, 5.41) is 11.4. The Bertz CT molecular complexity index is 262. The van der Waals surface area contributed by atoms with Crippen molar-refractivity contribution in [3.63, 3.8) is 0 Å². The lowest BCUT2D eigenvalue weighted by molar-refractivity contribution is -0.113. The molecule has 0 aromatic rings. The lowest BCUT2D eigenvalue weighted by Gasteiger charge is -2.44. The van der Waals surface area contributed by atoms with Gasteiger partial charge in [0.1, 0.15) is 6.61 Å². The molecule has 1 aliphatic heterocycles. The van der Waals surface area contributed by atoms with Gasteiger partial charge in [0.2, 0.25) is 0 Å². The molecule has 1 spiro atoms. The molecule has 5 heteroatoms. The summed E-state index contributed by atoms with van der Waals surface area (Å²) in [6.07, 6.45) is 7.34. The van der Waals surface area contributed by atoms with E-state index in [4.69, 9.17) is 9.84 Å². The van der Waals surface area contributed by atoms with Gasteiger partial charge in [-0.2, -0.15) is 0 Å². The highest BCUT2D eigenvalue weighted by molar-refractivity contribution is 4.92. The molecular formula is C13H23F2NO2. The van der Waals surface area contributed by atoms with Crippen LogP contribution in [0.4, 0.5) is 8.78 Å². The van der Waals surface area contributed by atoms with Crippen LogP contribution < -0.4 is 5.32 Å². The Morgan fingerprint density at radius 3 is 2.67 bits per heavy atom. The van der Waals surface area contributed by atoms with Gasteiger partial charge in [-0.25, -0.2) is 8.78 Å². The van der Waals surface area contributed by atoms with E-state index in [-0.39, 0.29) is 11.6 Å². The predicted molar refractivity (Wildman–Crippen MR) is 64.8 cm³/mol. The lowest BCUT2D eigenvalue weighted by atomic mass is 9.78. The predicted octanol–water partition coefficient (Wildman–Crippen LogP) is 2.09. The summed E-state index contributed by atoms with van der Waals surface area (Å²) in [5.74, 6) is -3.02. The normalized spacial score (nSPS) is 28.5. The van der Waals surface area contributed by atoms with E-state index in [1.54, 1.807) is 0 Å². The summed E-state index contributed by atoms with van der Waals surface area (Å²) in [7, 11) is 0. The second-order valence-electron chi connectivity index (χ2n) is 5.68. The standard InChI is InChI=1S/C13H23F2NO2/c14-13(15,10-17)9-16-11-4-7-18-12(8-11)5-2-1-3-6-12/h11,16-17H,1-10H2. The topological polar surface area (TPSA) is 41.5 Å². The third-order valence-electron chi connectivity index (χ3n) is 4.14. The summed E-state index contributed by atoms with van der Waals surface area (Å²) in [5.41, 5.74) is -0.0668. The van der Waals surface area contributed by atoms with Crippen LogP contribution >= 0.6 is 0 Å². The van der Waals surface area contributed by atoms with Crippen LogP contribution in [0.15, 0.2) is 0 Å². The molecule has 18 heavy (non-hydrogen) atoms. The first-order chi connectivity index (χ1) is 8.55. The Hall–Kier alpha value is -0.260. The van der Waals surface area contributed by atoms with Crippen LogP contribution in [-0.4, -0.2) is 42.4 Å². The molecule has 0 aromatic carbocycles. The molecule has 2 N–H and O–H groups in total. The minimum absolute atomic E-state index is 0.0668. The molecule has 1 aliphatic carbocycles. The second-order valence-corrected chi connectivity index (χ2v) is 5.68. The molecule has 1 saturated heterocycles. The smallest absolute Gasteiger partial charge is 0.282 e. The largest absolute Gasteiger partial charge is 0.390 e. The molecule has 0 amide bonds. The van der Waals surface area contributed by atoms with Crippen LogP contribution in [0.5, 0.6) is 0 Å². The molecule has 106 valence electrons. The zero-order valence-electron chi connectivity index (χ0n) is 10.8. The monoisotopic (exact) mass is 263 g/mol. The van der Waals surface area contributed by atoms with Crippen LogP contribution in [0, 0.1) is 0 Å². The third-order valence-corrected chi connectivity index (χ3v) is 4.14. The number of hydrogen-bond donors (Lipinski definition) is 2. The maximum atomic E-state index is 13.0. The van der Waals surface area contributed by atoms with Gasteiger partial charge in [0.05, 0.1) is 12.1 Å². The summed E-state index contributed by atoms with van der Waals surface area (Å²) in [6, 6.07) is 0.0919. The molecule has 2 aliphatic rings. The second kappa shape index (κ2) is 5.80. The lowest BCUT2D eigenvalue weighted by Crippen LogP contribution is -2.50. The number of alkyl halides is 2. The summed E-state index contributed by atoms with van der Waals surface area (Å²) in [4.78, 5) is 0. The van der Waals surface area contributed by atoms with E-state index in [9.17, 15) is 8.78 Å². The first-order valence-corrected chi connectivity index (χ1v) is 6.91. The van der Waals surface area contributed by atoms with E-state index in [1.807, 2.05) is 0 Å². The highest BCUT2D eigenvalue weighted by Crippen LogP contribution is 2.38. The average Bonchev–Trinajstić information content (AvgIpc) is 2.38. The van der Waals surface area contributed by atoms with Gasteiger partial charge in [-0.1, -0.05) is 19.3 Å². The van der Waals surface area contributed by atoms with E-state index in [0.717, 1.165) is 25.7 Å². The first kappa shape index (κ1) is 14.2. The quantitative estimate of drug-likeness (QED) is 0.816. The molecular weight excluding hydrogens is 240 g/mol. The fourth-order valence-corrected chi connectivity index (χ4v) is 3.10. The van der Waals surface area contributed by atoms with Crippen LogP contribution in [0.3, 0.4) is 0 Å². The maximum Gasteiger partial charge on any atom is 0.282 e. The third kappa shape index (κ3) is 3.62. The summed E-state index contributed by atoms with van der Waals surface area (Å²) < 4.78 is 31.9. The van der Waals surface area contributed by atoms with Gasteiger partial charge < -0.3 is 15.2 Å². The average molecular weight is 263 g/mol. The molecule has 0 aromatic heterocycles. The van der Waals surface area contributed by atoms with Gasteiger partial charge in [-0.3, -0.25) is 0 Å². The molecule has 0 bridgehead atoms. The van der Waals surface area contributed by atoms with E-state index >= 15 is 0 Å². The van der Waals surface area contributed by atoms with Gasteiger partial charge in [0, 0.05) is 12.6 Å². The minimum Gasteiger partial charge on any atom is -0.390 e. The fourth-order valence-electron chi connectivity index (χ4n) is 3.10. The number of aliphatic hydroxyl groups is 1. The Kier molecular flexibility index (Phi) is 4.56. The SMILES string of the molecule is OCC(F)(F)CNC1CCOC2(CCCCC2)C1. The molecule has 1 atom stereocenters. The maximum absolute atomic E-state index is 13.0. The van der Waals surface area contributed by atoms with Gasteiger partial charge in [-0.05, 0) is 25.7 Å². The number of nitrogens with one attached hydrogen (secondary N) is 1. The number of aliphatic hydroxyl groups excluding tert-OH is 1. The Balaban J connectivity index is 1.83. The van der Waals surface area contributed by atoms with Crippen LogP contribution in [-0.2, 0) is 4.74 Å². The number of halogens is 2. The van der Waals surface area contributed by atoms with E-state index in [2.05, 4.69) is 5.32 Å². The highest BCUT2D eigenvalue weighted by Gasteiger charge is 2.39. The summed E-state index contributed by atoms with van der Waals surface area (Å²) in [6.45, 7) is -0.874. The molecule has 1 saturated carbocycles. The zero-order chi connectivity index (χ0) is 13.1. The molecule has 1 heterocycles. The minimum atomic E-state index is -3.02. The Morgan fingerprint density at radius 1 is 1.28 bits per heavy atom.